The number of hydrogen-bond acceptors (Lipinski definition) is 3. The van der Waals surface area contributed by atoms with Gasteiger partial charge in [-0.25, -0.2) is 0 Å². The molecule has 0 spiro atoms. The Morgan fingerprint density at radius 3 is 2.62 bits per heavy atom. The number of nitrogens with zero attached hydrogens (tertiary/aromatic N) is 1. The summed E-state index contributed by atoms with van der Waals surface area (Å²) in [6.07, 6.45) is -3.93. The van der Waals surface area contributed by atoms with Gasteiger partial charge >= 0.3 is 6.36 Å². The summed E-state index contributed by atoms with van der Waals surface area (Å²) in [6, 6.07) is 9.97. The van der Waals surface area contributed by atoms with E-state index in [-0.39, 0.29) is 23.5 Å². The van der Waals surface area contributed by atoms with Crippen molar-refractivity contribution >= 4 is 11.8 Å². The second-order valence-corrected chi connectivity index (χ2v) is 7.59. The van der Waals surface area contributed by atoms with Crippen LogP contribution in [0.25, 0.3) is 11.1 Å². The lowest BCUT2D eigenvalue weighted by Gasteiger charge is -2.26. The summed E-state index contributed by atoms with van der Waals surface area (Å²) in [5, 5.41) is 0. The summed E-state index contributed by atoms with van der Waals surface area (Å²) >= 11 is 0. The standard InChI is InChI=1S/C21H19F3N2O3/c1-11-5-6-15(20(28)26-10-13-9-17(13)18(26)19(25)27)16(7-11)12-3-2-4-14(8-12)29-21(22,23)24/h2-8,13,17-18H,9-10H2,1H3,(H2,25,27)/t13-,17-,18+/m1/s1. The number of nitrogens with two attached hydrogens (primary N) is 1. The van der Waals surface area contributed by atoms with E-state index in [4.69, 9.17) is 5.73 Å². The minimum atomic E-state index is -4.81. The first-order valence-corrected chi connectivity index (χ1v) is 9.21. The van der Waals surface area contributed by atoms with E-state index < -0.39 is 18.3 Å². The first-order chi connectivity index (χ1) is 13.6. The molecule has 8 heteroatoms. The number of aryl methyl sites for hydroxylation is 1. The maximum Gasteiger partial charge on any atom is 0.573 e. The minimum absolute atomic E-state index is 0.105. The molecule has 152 valence electrons. The molecule has 1 saturated heterocycles. The molecule has 1 aliphatic carbocycles. The van der Waals surface area contributed by atoms with Crippen LogP contribution in [0.3, 0.4) is 0 Å². The summed E-state index contributed by atoms with van der Waals surface area (Å²) in [7, 11) is 0. The fraction of sp³-hybridized carbons (Fsp3) is 0.333. The summed E-state index contributed by atoms with van der Waals surface area (Å²) in [5.41, 5.74) is 7.57. The predicted octanol–water partition coefficient (Wildman–Crippen LogP) is 3.51. The first-order valence-electron chi connectivity index (χ1n) is 9.21. The smallest absolute Gasteiger partial charge is 0.406 e. The van der Waals surface area contributed by atoms with Crippen molar-refractivity contribution in [2.45, 2.75) is 25.7 Å². The van der Waals surface area contributed by atoms with Crippen molar-refractivity contribution in [2.24, 2.45) is 17.6 Å². The average molecular weight is 404 g/mol. The summed E-state index contributed by atoms with van der Waals surface area (Å²) in [5.74, 6) is -0.856. The molecule has 2 amide bonds. The Kier molecular flexibility index (Phi) is 4.52. The molecular formula is C21H19F3N2O3. The highest BCUT2D eigenvalue weighted by atomic mass is 19.4. The summed E-state index contributed by atoms with van der Waals surface area (Å²) in [4.78, 5) is 26.6. The van der Waals surface area contributed by atoms with Crippen LogP contribution in [-0.4, -0.2) is 35.7 Å². The number of primary amides is 1. The highest BCUT2D eigenvalue weighted by Crippen LogP contribution is 2.50. The lowest BCUT2D eigenvalue weighted by molar-refractivity contribution is -0.274. The lowest BCUT2D eigenvalue weighted by atomic mass is 9.96. The number of halogens is 3. The van der Waals surface area contributed by atoms with Gasteiger partial charge in [-0.15, -0.1) is 13.2 Å². The monoisotopic (exact) mass is 404 g/mol. The molecule has 4 rings (SSSR count). The number of amides is 2. The molecule has 2 fully saturated rings. The lowest BCUT2D eigenvalue weighted by Crippen LogP contribution is -2.46. The molecule has 2 N–H and O–H groups in total. The van der Waals surface area contributed by atoms with Crippen LogP contribution in [0.2, 0.25) is 0 Å². The van der Waals surface area contributed by atoms with Gasteiger partial charge in [0.1, 0.15) is 11.8 Å². The molecule has 2 aliphatic rings. The van der Waals surface area contributed by atoms with E-state index in [0.29, 0.717) is 23.2 Å². The van der Waals surface area contributed by atoms with E-state index in [2.05, 4.69) is 4.74 Å². The topological polar surface area (TPSA) is 72.6 Å². The van der Waals surface area contributed by atoms with Crippen LogP contribution in [0.15, 0.2) is 42.5 Å². The fourth-order valence-electron chi connectivity index (χ4n) is 4.14. The molecule has 29 heavy (non-hydrogen) atoms. The second-order valence-electron chi connectivity index (χ2n) is 7.59. The van der Waals surface area contributed by atoms with E-state index in [1.54, 1.807) is 24.3 Å². The van der Waals surface area contributed by atoms with Gasteiger partial charge in [0, 0.05) is 12.1 Å². The number of rotatable bonds is 4. The van der Waals surface area contributed by atoms with Gasteiger partial charge in [0.2, 0.25) is 5.91 Å². The normalized spacial score (nSPS) is 22.9. The Balaban J connectivity index is 1.71. The molecule has 0 aromatic heterocycles. The Hall–Kier alpha value is -3.03. The van der Waals surface area contributed by atoms with Crippen LogP contribution in [0.1, 0.15) is 22.3 Å². The summed E-state index contributed by atoms with van der Waals surface area (Å²) < 4.78 is 41.8. The van der Waals surface area contributed by atoms with Gasteiger partial charge in [-0.1, -0.05) is 29.8 Å². The van der Waals surface area contributed by atoms with Gasteiger partial charge < -0.3 is 15.4 Å². The van der Waals surface area contributed by atoms with Crippen molar-refractivity contribution in [3.63, 3.8) is 0 Å². The zero-order valence-electron chi connectivity index (χ0n) is 15.6. The SMILES string of the molecule is Cc1ccc(C(=O)N2C[C@H]3C[C@H]3[C@H]2C(N)=O)c(-c2cccc(OC(F)(F)F)c2)c1. The Morgan fingerprint density at radius 1 is 1.17 bits per heavy atom. The van der Waals surface area contributed by atoms with Crippen molar-refractivity contribution in [1.29, 1.82) is 0 Å². The molecule has 0 unspecified atom stereocenters. The van der Waals surface area contributed by atoms with Gasteiger partial charge in [0.15, 0.2) is 0 Å². The molecule has 5 nitrogen and oxygen atoms in total. The molecule has 1 aliphatic heterocycles. The van der Waals surface area contributed by atoms with Crippen LogP contribution in [-0.2, 0) is 4.79 Å². The van der Waals surface area contributed by atoms with E-state index in [0.717, 1.165) is 12.0 Å². The Bertz CT molecular complexity index is 989. The zero-order chi connectivity index (χ0) is 20.9. The summed E-state index contributed by atoms with van der Waals surface area (Å²) in [6.45, 7) is 2.28. The fourth-order valence-corrected chi connectivity index (χ4v) is 4.14. The van der Waals surface area contributed by atoms with Gasteiger partial charge in [-0.2, -0.15) is 0 Å². The number of likely N-dealkylation sites (tertiary alicyclic amines) is 1. The van der Waals surface area contributed by atoms with Crippen LogP contribution in [0.4, 0.5) is 13.2 Å². The van der Waals surface area contributed by atoms with Crippen molar-refractivity contribution in [3.8, 4) is 16.9 Å². The van der Waals surface area contributed by atoms with Crippen LogP contribution >= 0.6 is 0 Å². The molecule has 2 aromatic carbocycles. The zero-order valence-corrected chi connectivity index (χ0v) is 15.6. The molecule has 1 heterocycles. The van der Waals surface area contributed by atoms with E-state index >= 15 is 0 Å². The van der Waals surface area contributed by atoms with Crippen LogP contribution < -0.4 is 10.5 Å². The van der Waals surface area contributed by atoms with E-state index in [9.17, 15) is 22.8 Å². The number of alkyl halides is 3. The van der Waals surface area contributed by atoms with Gasteiger partial charge in [0.05, 0.1) is 0 Å². The average Bonchev–Trinajstić information content (AvgIpc) is 3.28. The molecular weight excluding hydrogens is 385 g/mol. The highest BCUT2D eigenvalue weighted by Gasteiger charge is 2.56. The second kappa shape index (κ2) is 6.79. The quantitative estimate of drug-likeness (QED) is 0.848. The highest BCUT2D eigenvalue weighted by molar-refractivity contribution is 6.03. The number of carbonyl (C=O) groups is 2. The van der Waals surface area contributed by atoms with Gasteiger partial charge in [-0.3, -0.25) is 9.59 Å². The van der Waals surface area contributed by atoms with Crippen molar-refractivity contribution < 1.29 is 27.5 Å². The Labute approximate surface area is 165 Å². The number of piperidine rings is 1. The molecule has 2 aromatic rings. The van der Waals surface area contributed by atoms with Crippen molar-refractivity contribution in [3.05, 3.63) is 53.6 Å². The Morgan fingerprint density at radius 2 is 1.93 bits per heavy atom. The predicted molar refractivity (Wildman–Crippen MR) is 98.9 cm³/mol. The third-order valence-electron chi connectivity index (χ3n) is 5.49. The van der Waals surface area contributed by atoms with Crippen LogP contribution in [0, 0.1) is 18.8 Å². The third kappa shape index (κ3) is 3.79. The number of ether oxygens (including phenoxy) is 1. The maximum absolute atomic E-state index is 13.3. The maximum atomic E-state index is 13.3. The molecule has 1 saturated carbocycles. The number of carbonyl (C=O) groups excluding carboxylic acids is 2. The number of hydrogen-bond donors (Lipinski definition) is 1. The molecule has 3 atom stereocenters. The van der Waals surface area contributed by atoms with Crippen molar-refractivity contribution in [1.82, 2.24) is 4.90 Å². The van der Waals surface area contributed by atoms with E-state index in [1.807, 2.05) is 6.92 Å². The molecule has 0 bridgehead atoms. The van der Waals surface area contributed by atoms with Gasteiger partial charge in [-0.05, 0) is 54.5 Å². The minimum Gasteiger partial charge on any atom is -0.406 e. The number of fused-ring (bicyclic) bond motifs is 1. The third-order valence-corrected chi connectivity index (χ3v) is 5.49. The molecule has 0 radical (unpaired) electrons. The first kappa shape index (κ1) is 19.3. The largest absolute Gasteiger partial charge is 0.573 e. The van der Waals surface area contributed by atoms with Gasteiger partial charge in [0.25, 0.3) is 5.91 Å². The number of benzene rings is 2. The van der Waals surface area contributed by atoms with Crippen molar-refractivity contribution in [2.75, 3.05) is 6.54 Å². The van der Waals surface area contributed by atoms with Crippen LogP contribution in [0.5, 0.6) is 5.75 Å². The van der Waals surface area contributed by atoms with E-state index in [1.165, 1.54) is 23.1 Å².